The van der Waals surface area contributed by atoms with Crippen molar-refractivity contribution in [2.75, 3.05) is 5.75 Å². The standard InChI is InChI=1S/C15H13N7OS/c1-4-11(10-16-6-1)13-18-12(23-21-13)5-2-9-24-15-19-14-17-7-3-8-22(14)20-15/h1,3-4,6-8,10H,2,5,9H2. The second-order valence-corrected chi connectivity index (χ2v) is 6.03. The first-order chi connectivity index (χ1) is 11.9. The van der Waals surface area contributed by atoms with Gasteiger partial charge in [-0.2, -0.15) is 9.97 Å². The molecule has 0 saturated heterocycles. The summed E-state index contributed by atoms with van der Waals surface area (Å²) in [6.07, 6.45) is 8.57. The Balaban J connectivity index is 1.30. The summed E-state index contributed by atoms with van der Waals surface area (Å²) in [7, 11) is 0. The lowest BCUT2D eigenvalue weighted by molar-refractivity contribution is 0.378. The van der Waals surface area contributed by atoms with Crippen LogP contribution in [0.1, 0.15) is 12.3 Å². The molecule has 4 aromatic heterocycles. The molecular formula is C15H13N7OS. The normalized spacial score (nSPS) is 11.2. The number of hydrogen-bond acceptors (Lipinski definition) is 8. The zero-order valence-electron chi connectivity index (χ0n) is 12.6. The van der Waals surface area contributed by atoms with Gasteiger partial charge in [-0.1, -0.05) is 16.9 Å². The molecule has 0 N–H and O–H groups in total. The number of nitrogens with zero attached hydrogens (tertiary/aromatic N) is 7. The number of aryl methyl sites for hydroxylation is 1. The second-order valence-electron chi connectivity index (χ2n) is 4.96. The van der Waals surface area contributed by atoms with Gasteiger partial charge in [0.2, 0.25) is 16.9 Å². The van der Waals surface area contributed by atoms with Crippen molar-refractivity contribution in [2.45, 2.75) is 18.0 Å². The Morgan fingerprint density at radius 2 is 2.17 bits per heavy atom. The molecular weight excluding hydrogens is 326 g/mol. The van der Waals surface area contributed by atoms with Crippen molar-refractivity contribution in [2.24, 2.45) is 0 Å². The van der Waals surface area contributed by atoms with Gasteiger partial charge in [0, 0.05) is 42.5 Å². The first kappa shape index (κ1) is 14.8. The molecule has 0 unspecified atom stereocenters. The van der Waals surface area contributed by atoms with Gasteiger partial charge in [0.1, 0.15) is 0 Å². The van der Waals surface area contributed by atoms with Gasteiger partial charge < -0.3 is 4.52 Å². The lowest BCUT2D eigenvalue weighted by Crippen LogP contribution is -1.90. The summed E-state index contributed by atoms with van der Waals surface area (Å²) in [5, 5.41) is 9.05. The van der Waals surface area contributed by atoms with Crippen LogP contribution in [0.25, 0.3) is 17.2 Å². The fraction of sp³-hybridized carbons (Fsp3) is 0.200. The average molecular weight is 339 g/mol. The molecule has 0 amide bonds. The maximum absolute atomic E-state index is 5.28. The highest BCUT2D eigenvalue weighted by atomic mass is 32.2. The minimum Gasteiger partial charge on any atom is -0.339 e. The van der Waals surface area contributed by atoms with Crippen LogP contribution in [-0.2, 0) is 6.42 Å². The topological polar surface area (TPSA) is 94.9 Å². The molecule has 4 heterocycles. The summed E-state index contributed by atoms with van der Waals surface area (Å²) in [4.78, 5) is 16.9. The highest BCUT2D eigenvalue weighted by molar-refractivity contribution is 7.99. The third kappa shape index (κ3) is 3.25. The van der Waals surface area contributed by atoms with E-state index in [9.17, 15) is 0 Å². The molecule has 120 valence electrons. The highest BCUT2D eigenvalue weighted by Gasteiger charge is 2.09. The number of rotatable bonds is 6. The van der Waals surface area contributed by atoms with Crippen molar-refractivity contribution < 1.29 is 4.52 Å². The van der Waals surface area contributed by atoms with E-state index in [1.54, 1.807) is 34.9 Å². The molecule has 4 aromatic rings. The van der Waals surface area contributed by atoms with E-state index >= 15 is 0 Å². The van der Waals surface area contributed by atoms with E-state index in [0.29, 0.717) is 23.9 Å². The molecule has 0 radical (unpaired) electrons. The zero-order chi connectivity index (χ0) is 16.2. The van der Waals surface area contributed by atoms with Gasteiger partial charge in [0.05, 0.1) is 0 Å². The molecule has 0 aromatic carbocycles. The second kappa shape index (κ2) is 6.75. The van der Waals surface area contributed by atoms with E-state index < -0.39 is 0 Å². The third-order valence-electron chi connectivity index (χ3n) is 3.25. The zero-order valence-corrected chi connectivity index (χ0v) is 13.4. The van der Waals surface area contributed by atoms with Crippen LogP contribution in [0.2, 0.25) is 0 Å². The molecule has 0 saturated carbocycles. The smallest absolute Gasteiger partial charge is 0.253 e. The fourth-order valence-electron chi connectivity index (χ4n) is 2.13. The molecule has 0 aliphatic rings. The quantitative estimate of drug-likeness (QED) is 0.390. The Kier molecular flexibility index (Phi) is 4.15. The first-order valence-corrected chi connectivity index (χ1v) is 8.40. The number of thioether (sulfide) groups is 1. The Morgan fingerprint density at radius 3 is 3.04 bits per heavy atom. The van der Waals surface area contributed by atoms with Crippen molar-refractivity contribution >= 4 is 17.5 Å². The van der Waals surface area contributed by atoms with Gasteiger partial charge in [-0.25, -0.2) is 9.50 Å². The largest absolute Gasteiger partial charge is 0.339 e. The van der Waals surface area contributed by atoms with E-state index in [-0.39, 0.29) is 0 Å². The van der Waals surface area contributed by atoms with Crippen LogP contribution in [-0.4, -0.2) is 40.5 Å². The fourth-order valence-corrected chi connectivity index (χ4v) is 2.89. The number of aromatic nitrogens is 7. The summed E-state index contributed by atoms with van der Waals surface area (Å²) in [5.41, 5.74) is 0.850. The van der Waals surface area contributed by atoms with Crippen LogP contribution in [0.15, 0.2) is 52.7 Å². The minimum absolute atomic E-state index is 0.568. The van der Waals surface area contributed by atoms with Gasteiger partial charge in [0.15, 0.2) is 0 Å². The van der Waals surface area contributed by atoms with Crippen LogP contribution in [0, 0.1) is 0 Å². The molecule has 0 aliphatic carbocycles. The van der Waals surface area contributed by atoms with Crippen molar-refractivity contribution in [3.05, 3.63) is 48.9 Å². The lowest BCUT2D eigenvalue weighted by Gasteiger charge is -1.94. The molecule has 0 bridgehead atoms. The van der Waals surface area contributed by atoms with E-state index in [1.165, 1.54) is 0 Å². The minimum atomic E-state index is 0.568. The third-order valence-corrected chi connectivity index (χ3v) is 4.18. The van der Waals surface area contributed by atoms with Gasteiger partial charge in [0.25, 0.3) is 5.78 Å². The van der Waals surface area contributed by atoms with Gasteiger partial charge >= 0.3 is 0 Å². The maximum atomic E-state index is 5.28. The van der Waals surface area contributed by atoms with Crippen molar-refractivity contribution in [3.8, 4) is 11.4 Å². The summed E-state index contributed by atoms with van der Waals surface area (Å²) in [6, 6.07) is 5.57. The Labute approximate surface area is 141 Å². The van der Waals surface area contributed by atoms with Crippen LogP contribution in [0.4, 0.5) is 0 Å². The van der Waals surface area contributed by atoms with E-state index in [4.69, 9.17) is 4.52 Å². The van der Waals surface area contributed by atoms with Crippen molar-refractivity contribution in [1.29, 1.82) is 0 Å². The van der Waals surface area contributed by atoms with Gasteiger partial charge in [-0.15, -0.1) is 5.10 Å². The summed E-state index contributed by atoms with van der Waals surface area (Å²) in [6.45, 7) is 0. The molecule has 0 spiro atoms. The lowest BCUT2D eigenvalue weighted by atomic mass is 10.3. The number of fused-ring (bicyclic) bond motifs is 1. The van der Waals surface area contributed by atoms with Gasteiger partial charge in [-0.3, -0.25) is 4.98 Å². The van der Waals surface area contributed by atoms with Crippen LogP contribution in [0.5, 0.6) is 0 Å². The molecule has 0 fully saturated rings. The van der Waals surface area contributed by atoms with E-state index in [1.807, 2.05) is 24.4 Å². The molecule has 0 aliphatic heterocycles. The first-order valence-electron chi connectivity index (χ1n) is 7.42. The van der Waals surface area contributed by atoms with E-state index in [2.05, 4.69) is 30.2 Å². The predicted octanol–water partition coefficient (Wildman–Crippen LogP) is 2.29. The number of hydrogen-bond donors (Lipinski definition) is 0. The molecule has 24 heavy (non-hydrogen) atoms. The monoisotopic (exact) mass is 339 g/mol. The SMILES string of the molecule is c1cncc(-c2noc(CCCSc3nc4ncccn4n3)n2)c1. The Morgan fingerprint density at radius 1 is 1.17 bits per heavy atom. The number of pyridine rings is 1. The van der Waals surface area contributed by atoms with Gasteiger partial charge in [-0.05, 0) is 24.6 Å². The maximum Gasteiger partial charge on any atom is 0.253 e. The Bertz CT molecular complexity index is 904. The predicted molar refractivity (Wildman–Crippen MR) is 87.4 cm³/mol. The van der Waals surface area contributed by atoms with Crippen molar-refractivity contribution in [1.82, 2.24) is 34.7 Å². The van der Waals surface area contributed by atoms with Crippen LogP contribution < -0.4 is 0 Å². The summed E-state index contributed by atoms with van der Waals surface area (Å²) < 4.78 is 6.94. The average Bonchev–Trinajstić information content (AvgIpc) is 3.26. The molecule has 9 heteroatoms. The molecule has 4 rings (SSSR count). The highest BCUT2D eigenvalue weighted by Crippen LogP contribution is 2.17. The van der Waals surface area contributed by atoms with Crippen molar-refractivity contribution in [3.63, 3.8) is 0 Å². The molecule has 8 nitrogen and oxygen atoms in total. The summed E-state index contributed by atoms with van der Waals surface area (Å²) in [5.74, 6) is 2.66. The van der Waals surface area contributed by atoms with Crippen LogP contribution in [0.3, 0.4) is 0 Å². The summed E-state index contributed by atoms with van der Waals surface area (Å²) >= 11 is 1.59. The van der Waals surface area contributed by atoms with Crippen LogP contribution >= 0.6 is 11.8 Å². The molecule has 0 atom stereocenters. The Hall–Kier alpha value is -2.81. The van der Waals surface area contributed by atoms with E-state index in [0.717, 1.165) is 22.9 Å².